The van der Waals surface area contributed by atoms with Gasteiger partial charge in [-0.1, -0.05) is 79.6 Å². The number of nitrogens with zero attached hydrogens (tertiary/aromatic N) is 1. The molecule has 3 aromatic carbocycles. The van der Waals surface area contributed by atoms with Crippen molar-refractivity contribution >= 4 is 51.7 Å². The fourth-order valence-electron chi connectivity index (χ4n) is 5.05. The predicted molar refractivity (Wildman–Crippen MR) is 156 cm³/mol. The second-order valence-electron chi connectivity index (χ2n) is 9.63. The van der Waals surface area contributed by atoms with Gasteiger partial charge in [0.25, 0.3) is 5.91 Å². The standard InChI is InChI=1S/C31H26Cl2FN3O3/c1-2-7-25(17-8-4-3-5-9-17)37-30(38)18-12-13-19(21(14-18)31(39)40)28-20(10-6-11-22(28)32)29-35-26-15-23(33)24(34)16-27(26)36-29/h3-6,8-16,22,25,28H,2,7H2,1H3,(H,35,36)(H,37,38)(H,39,40)/t22-,25+,28?/m0/s1. The minimum atomic E-state index is -1.19. The van der Waals surface area contributed by atoms with Crippen LogP contribution < -0.4 is 5.32 Å². The lowest BCUT2D eigenvalue weighted by atomic mass is 9.81. The Balaban J connectivity index is 1.50. The molecule has 0 saturated carbocycles. The van der Waals surface area contributed by atoms with Crippen LogP contribution >= 0.6 is 23.2 Å². The van der Waals surface area contributed by atoms with Gasteiger partial charge in [0.1, 0.15) is 11.6 Å². The molecular weight excluding hydrogens is 552 g/mol. The zero-order valence-corrected chi connectivity index (χ0v) is 23.0. The summed E-state index contributed by atoms with van der Waals surface area (Å²) in [7, 11) is 0. The molecule has 4 aromatic rings. The number of halogens is 3. The third-order valence-electron chi connectivity index (χ3n) is 6.99. The van der Waals surface area contributed by atoms with Crippen LogP contribution in [0, 0.1) is 5.82 Å². The summed E-state index contributed by atoms with van der Waals surface area (Å²) in [5, 5.41) is 12.6. The highest BCUT2D eigenvalue weighted by molar-refractivity contribution is 6.31. The maximum Gasteiger partial charge on any atom is 0.336 e. The van der Waals surface area contributed by atoms with Gasteiger partial charge in [0.05, 0.1) is 33.0 Å². The Morgan fingerprint density at radius 2 is 1.93 bits per heavy atom. The average molecular weight is 578 g/mol. The molecule has 9 heteroatoms. The first-order valence-electron chi connectivity index (χ1n) is 12.9. The van der Waals surface area contributed by atoms with Crippen LogP contribution in [0.1, 0.15) is 69.4 Å². The number of allylic oxidation sites excluding steroid dienone is 4. The van der Waals surface area contributed by atoms with E-state index in [4.69, 9.17) is 23.2 Å². The van der Waals surface area contributed by atoms with Crippen molar-refractivity contribution in [1.29, 1.82) is 0 Å². The van der Waals surface area contributed by atoms with Gasteiger partial charge in [0.15, 0.2) is 0 Å². The first-order valence-corrected chi connectivity index (χ1v) is 13.7. The molecule has 1 aliphatic carbocycles. The minimum Gasteiger partial charge on any atom is -0.478 e. The number of carbonyl (C=O) groups is 2. The summed E-state index contributed by atoms with van der Waals surface area (Å²) in [6.45, 7) is 2.04. The zero-order valence-electron chi connectivity index (χ0n) is 21.5. The van der Waals surface area contributed by atoms with Crippen molar-refractivity contribution in [3.05, 3.63) is 118 Å². The third kappa shape index (κ3) is 5.53. The molecule has 6 nitrogen and oxygen atoms in total. The van der Waals surface area contributed by atoms with Crippen molar-refractivity contribution in [2.75, 3.05) is 0 Å². The van der Waals surface area contributed by atoms with Crippen molar-refractivity contribution in [2.45, 2.75) is 37.1 Å². The number of aromatic carboxylic acids is 1. The van der Waals surface area contributed by atoms with Crippen LogP contribution in [0.25, 0.3) is 16.6 Å². The Hall–Kier alpha value is -3.94. The van der Waals surface area contributed by atoms with Gasteiger partial charge in [-0.15, -0.1) is 11.6 Å². The second kappa shape index (κ2) is 11.7. The molecule has 40 heavy (non-hydrogen) atoms. The maximum atomic E-state index is 14.0. The molecule has 0 saturated heterocycles. The smallest absolute Gasteiger partial charge is 0.336 e. The van der Waals surface area contributed by atoms with Gasteiger partial charge in [-0.05, 0) is 35.7 Å². The summed E-state index contributed by atoms with van der Waals surface area (Å²) in [4.78, 5) is 33.4. The number of carbonyl (C=O) groups excluding carboxylic acids is 1. The summed E-state index contributed by atoms with van der Waals surface area (Å²) in [6.07, 6.45) is 6.92. The number of aromatic nitrogens is 2. The van der Waals surface area contributed by atoms with Crippen molar-refractivity contribution in [3.63, 3.8) is 0 Å². The van der Waals surface area contributed by atoms with Crippen LogP contribution in [0.2, 0.25) is 5.02 Å². The van der Waals surface area contributed by atoms with Crippen molar-refractivity contribution in [2.24, 2.45) is 0 Å². The SMILES string of the molecule is CCC[C@@H](NC(=O)c1ccc(C2C(c3nc4cc(Cl)c(F)cc4[nH]3)=CC=C[C@@H]2Cl)c(C(=O)O)c1)c1ccccc1. The number of alkyl halides is 1. The molecule has 204 valence electrons. The van der Waals surface area contributed by atoms with Crippen molar-refractivity contribution < 1.29 is 19.1 Å². The van der Waals surface area contributed by atoms with E-state index in [9.17, 15) is 19.1 Å². The van der Waals surface area contributed by atoms with Gasteiger partial charge < -0.3 is 15.4 Å². The maximum absolute atomic E-state index is 14.0. The fourth-order valence-corrected chi connectivity index (χ4v) is 5.56. The summed E-state index contributed by atoms with van der Waals surface area (Å²) in [5.41, 5.74) is 3.14. The highest BCUT2D eigenvalue weighted by Crippen LogP contribution is 2.41. The monoisotopic (exact) mass is 577 g/mol. The summed E-state index contributed by atoms with van der Waals surface area (Å²) in [5.74, 6) is -2.32. The van der Waals surface area contributed by atoms with Crippen LogP contribution in [0.15, 0.2) is 78.9 Å². The summed E-state index contributed by atoms with van der Waals surface area (Å²) < 4.78 is 14.0. The molecule has 3 atom stereocenters. The van der Waals surface area contributed by atoms with Gasteiger partial charge in [-0.2, -0.15) is 0 Å². The molecule has 0 bridgehead atoms. The third-order valence-corrected chi connectivity index (χ3v) is 7.67. The fraction of sp³-hybridized carbons (Fsp3) is 0.194. The Morgan fingerprint density at radius 3 is 2.65 bits per heavy atom. The largest absolute Gasteiger partial charge is 0.478 e. The molecule has 5 rings (SSSR count). The first kappa shape index (κ1) is 27.6. The van der Waals surface area contributed by atoms with Gasteiger partial charge >= 0.3 is 5.97 Å². The Labute approximate surface area is 240 Å². The van der Waals surface area contributed by atoms with Gasteiger partial charge in [0, 0.05) is 23.1 Å². The van der Waals surface area contributed by atoms with E-state index in [2.05, 4.69) is 15.3 Å². The topological polar surface area (TPSA) is 95.1 Å². The highest BCUT2D eigenvalue weighted by atomic mass is 35.5. The molecule has 1 aromatic heterocycles. The van der Waals surface area contributed by atoms with Gasteiger partial charge in [-0.25, -0.2) is 14.2 Å². The number of carboxylic acid groups (broad SMARTS) is 1. The van der Waals surface area contributed by atoms with Crippen molar-refractivity contribution in [3.8, 4) is 0 Å². The number of H-pyrrole nitrogens is 1. The van der Waals surface area contributed by atoms with E-state index in [1.165, 1.54) is 18.2 Å². The van der Waals surface area contributed by atoms with Crippen LogP contribution in [-0.4, -0.2) is 32.3 Å². The van der Waals surface area contributed by atoms with Gasteiger partial charge in [0.2, 0.25) is 0 Å². The zero-order chi connectivity index (χ0) is 28.4. The van der Waals surface area contributed by atoms with E-state index in [-0.39, 0.29) is 28.1 Å². The molecule has 1 amide bonds. The Bertz CT molecular complexity index is 1610. The lowest BCUT2D eigenvalue weighted by Gasteiger charge is -2.27. The van der Waals surface area contributed by atoms with Crippen molar-refractivity contribution in [1.82, 2.24) is 15.3 Å². The first-order chi connectivity index (χ1) is 19.3. The molecule has 3 N–H and O–H groups in total. The molecule has 0 fully saturated rings. The molecular formula is C31H26Cl2FN3O3. The normalized spacial score (nSPS) is 17.4. The average Bonchev–Trinajstić information content (AvgIpc) is 3.35. The Kier molecular flexibility index (Phi) is 8.05. The number of hydrogen-bond acceptors (Lipinski definition) is 3. The van der Waals surface area contributed by atoms with Crippen LogP contribution in [0.3, 0.4) is 0 Å². The molecule has 0 radical (unpaired) electrons. The van der Waals surface area contributed by atoms with Gasteiger partial charge in [-0.3, -0.25) is 4.79 Å². The number of imidazole rings is 1. The van der Waals surface area contributed by atoms with Crippen LogP contribution in [0.4, 0.5) is 4.39 Å². The summed E-state index contributed by atoms with van der Waals surface area (Å²) >= 11 is 12.7. The number of carboxylic acids is 1. The number of benzene rings is 3. The molecule has 0 spiro atoms. The van der Waals surface area contributed by atoms with E-state index < -0.39 is 23.1 Å². The lowest BCUT2D eigenvalue weighted by Crippen LogP contribution is -2.29. The molecule has 1 unspecified atom stereocenters. The second-order valence-corrected chi connectivity index (χ2v) is 10.5. The van der Waals surface area contributed by atoms with Crippen LogP contribution in [-0.2, 0) is 0 Å². The van der Waals surface area contributed by atoms with E-state index >= 15 is 0 Å². The number of nitrogens with one attached hydrogen (secondary N) is 2. The van der Waals surface area contributed by atoms with E-state index in [1.54, 1.807) is 30.4 Å². The Morgan fingerprint density at radius 1 is 1.15 bits per heavy atom. The molecule has 0 aliphatic heterocycles. The number of amides is 1. The quantitative estimate of drug-likeness (QED) is 0.187. The lowest BCUT2D eigenvalue weighted by molar-refractivity contribution is 0.0695. The highest BCUT2D eigenvalue weighted by Gasteiger charge is 2.32. The number of fused-ring (bicyclic) bond motifs is 1. The van der Waals surface area contributed by atoms with E-state index in [1.807, 2.05) is 37.3 Å². The van der Waals surface area contributed by atoms with E-state index in [0.29, 0.717) is 28.0 Å². The minimum absolute atomic E-state index is 0.0403. The van der Waals surface area contributed by atoms with Crippen LogP contribution in [0.5, 0.6) is 0 Å². The summed E-state index contributed by atoms with van der Waals surface area (Å²) in [6, 6.07) is 16.8. The number of hydrogen-bond donors (Lipinski definition) is 3. The number of rotatable bonds is 8. The van der Waals surface area contributed by atoms with E-state index in [0.717, 1.165) is 18.4 Å². The molecule has 1 heterocycles. The number of aromatic amines is 1. The molecule has 1 aliphatic rings. The predicted octanol–water partition coefficient (Wildman–Crippen LogP) is 7.67.